The van der Waals surface area contributed by atoms with Crippen molar-refractivity contribution in [2.45, 2.75) is 25.4 Å². The van der Waals surface area contributed by atoms with Gasteiger partial charge in [-0.2, -0.15) is 0 Å². The summed E-state index contributed by atoms with van der Waals surface area (Å²) in [4.78, 5) is 8.91. The van der Waals surface area contributed by atoms with Gasteiger partial charge in [0.2, 0.25) is 0 Å². The van der Waals surface area contributed by atoms with E-state index in [1.807, 2.05) is 23.8 Å². The number of thioether (sulfide) groups is 1. The first kappa shape index (κ1) is 15.3. The van der Waals surface area contributed by atoms with E-state index in [-0.39, 0.29) is 5.82 Å². The van der Waals surface area contributed by atoms with Gasteiger partial charge in [0.1, 0.15) is 11.0 Å². The van der Waals surface area contributed by atoms with Crippen molar-refractivity contribution in [3.8, 4) is 5.69 Å². The summed E-state index contributed by atoms with van der Waals surface area (Å²) in [6.07, 6.45) is 2.70. The summed E-state index contributed by atoms with van der Waals surface area (Å²) in [5.74, 6) is -0.274. The van der Waals surface area contributed by atoms with E-state index in [2.05, 4.69) is 16.9 Å². The van der Waals surface area contributed by atoms with Crippen LogP contribution in [0.4, 0.5) is 4.39 Å². The Morgan fingerprint density at radius 1 is 1.32 bits per heavy atom. The smallest absolute Gasteiger partial charge is 0.190 e. The predicted molar refractivity (Wildman–Crippen MR) is 89.7 cm³/mol. The molecule has 0 atom stereocenters. The van der Waals surface area contributed by atoms with Gasteiger partial charge in [-0.05, 0) is 43.4 Å². The molecule has 6 heteroatoms. The maximum atomic E-state index is 13.6. The highest BCUT2D eigenvalue weighted by atomic mass is 35.5. The van der Waals surface area contributed by atoms with E-state index >= 15 is 0 Å². The Kier molecular flexibility index (Phi) is 4.10. The van der Waals surface area contributed by atoms with Crippen LogP contribution in [0.15, 0.2) is 29.4 Å². The maximum absolute atomic E-state index is 13.6. The predicted octanol–water partition coefficient (Wildman–Crippen LogP) is 4.81. The van der Waals surface area contributed by atoms with Gasteiger partial charge in [-0.1, -0.05) is 36.4 Å². The zero-order valence-electron chi connectivity index (χ0n) is 12.5. The lowest BCUT2D eigenvalue weighted by Gasteiger charge is -2.10. The molecule has 0 fully saturated rings. The molecule has 0 saturated carbocycles. The number of aromatic nitrogens is 3. The van der Waals surface area contributed by atoms with Crippen molar-refractivity contribution in [1.82, 2.24) is 14.5 Å². The van der Waals surface area contributed by atoms with Gasteiger partial charge in [0, 0.05) is 5.69 Å². The summed E-state index contributed by atoms with van der Waals surface area (Å²) >= 11 is 7.79. The standard InChI is InChI=1S/C16H15ClFN3S/c1-4-12-9(2)13-14(17)19-16(22-3)20-15(13)21(12)11-7-5-6-10(18)8-11/h5-8H,4H2,1-3H3. The van der Waals surface area contributed by atoms with Crippen LogP contribution in [0.1, 0.15) is 18.2 Å². The number of nitrogens with zero attached hydrogens (tertiary/aromatic N) is 3. The van der Waals surface area contributed by atoms with Crippen LogP contribution in [0.25, 0.3) is 16.7 Å². The first-order valence-corrected chi connectivity index (χ1v) is 8.54. The summed E-state index contributed by atoms with van der Waals surface area (Å²) in [7, 11) is 0. The Balaban J connectivity index is 2.44. The third kappa shape index (κ3) is 2.38. The van der Waals surface area contributed by atoms with Crippen molar-refractivity contribution in [3.05, 3.63) is 46.5 Å². The van der Waals surface area contributed by atoms with Crippen LogP contribution in [-0.2, 0) is 6.42 Å². The highest BCUT2D eigenvalue weighted by Crippen LogP contribution is 2.33. The van der Waals surface area contributed by atoms with Crippen LogP contribution in [0.3, 0.4) is 0 Å². The van der Waals surface area contributed by atoms with E-state index < -0.39 is 0 Å². The number of aryl methyl sites for hydroxylation is 1. The molecule has 0 aliphatic rings. The lowest BCUT2D eigenvalue weighted by molar-refractivity contribution is 0.626. The van der Waals surface area contributed by atoms with Crippen molar-refractivity contribution in [3.63, 3.8) is 0 Å². The molecule has 0 aliphatic carbocycles. The minimum atomic E-state index is -0.274. The van der Waals surface area contributed by atoms with Crippen LogP contribution in [-0.4, -0.2) is 20.8 Å². The van der Waals surface area contributed by atoms with Gasteiger partial charge in [0.15, 0.2) is 10.8 Å². The summed E-state index contributed by atoms with van der Waals surface area (Å²) < 4.78 is 15.6. The molecule has 0 N–H and O–H groups in total. The molecule has 114 valence electrons. The molecule has 3 aromatic rings. The topological polar surface area (TPSA) is 30.7 Å². The molecule has 0 bridgehead atoms. The minimum Gasteiger partial charge on any atom is -0.298 e. The second-order valence-corrected chi connectivity index (χ2v) is 6.07. The number of fused-ring (bicyclic) bond motifs is 1. The Labute approximate surface area is 137 Å². The Morgan fingerprint density at radius 2 is 2.09 bits per heavy atom. The molecule has 0 unspecified atom stereocenters. The van der Waals surface area contributed by atoms with Crippen molar-refractivity contribution in [1.29, 1.82) is 0 Å². The van der Waals surface area contributed by atoms with E-state index in [9.17, 15) is 4.39 Å². The molecule has 0 saturated heterocycles. The fourth-order valence-corrected chi connectivity index (χ4v) is 3.45. The molecule has 2 aromatic heterocycles. The quantitative estimate of drug-likeness (QED) is 0.391. The maximum Gasteiger partial charge on any atom is 0.190 e. The number of hydrogen-bond donors (Lipinski definition) is 0. The highest BCUT2D eigenvalue weighted by Gasteiger charge is 2.20. The first-order chi connectivity index (χ1) is 10.6. The molecule has 2 heterocycles. The molecule has 22 heavy (non-hydrogen) atoms. The van der Waals surface area contributed by atoms with E-state index in [1.54, 1.807) is 6.07 Å². The zero-order chi connectivity index (χ0) is 15.9. The number of halogens is 2. The molecule has 0 aliphatic heterocycles. The molecular formula is C16H15ClFN3S. The molecule has 1 aromatic carbocycles. The Hall–Kier alpha value is -1.59. The lowest BCUT2D eigenvalue weighted by atomic mass is 10.2. The van der Waals surface area contributed by atoms with Gasteiger partial charge in [0.25, 0.3) is 0 Å². The average molecular weight is 336 g/mol. The van der Waals surface area contributed by atoms with Crippen LogP contribution in [0.5, 0.6) is 0 Å². The minimum absolute atomic E-state index is 0.274. The SMILES string of the molecule is CCc1c(C)c2c(Cl)nc(SC)nc2n1-c1cccc(F)c1. The van der Waals surface area contributed by atoms with Crippen molar-refractivity contribution >= 4 is 34.4 Å². The molecular weight excluding hydrogens is 321 g/mol. The third-order valence-electron chi connectivity index (χ3n) is 3.70. The Morgan fingerprint density at radius 3 is 2.73 bits per heavy atom. The molecule has 0 spiro atoms. The van der Waals surface area contributed by atoms with E-state index in [4.69, 9.17) is 11.6 Å². The fourth-order valence-electron chi connectivity index (χ4n) is 2.74. The number of rotatable bonds is 3. The van der Waals surface area contributed by atoms with Gasteiger partial charge in [-0.25, -0.2) is 14.4 Å². The van der Waals surface area contributed by atoms with Gasteiger partial charge < -0.3 is 0 Å². The Bertz CT molecular complexity index is 860. The van der Waals surface area contributed by atoms with E-state index in [0.29, 0.717) is 10.3 Å². The van der Waals surface area contributed by atoms with Crippen LogP contribution in [0.2, 0.25) is 5.15 Å². The van der Waals surface area contributed by atoms with Crippen LogP contribution >= 0.6 is 23.4 Å². The second-order valence-electron chi connectivity index (χ2n) is 4.94. The van der Waals surface area contributed by atoms with E-state index in [0.717, 1.165) is 34.4 Å². The summed E-state index contributed by atoms with van der Waals surface area (Å²) in [6, 6.07) is 6.51. The molecule has 3 rings (SSSR count). The van der Waals surface area contributed by atoms with Crippen molar-refractivity contribution < 1.29 is 4.39 Å². The van der Waals surface area contributed by atoms with Gasteiger partial charge in [-0.3, -0.25) is 4.57 Å². The normalized spacial score (nSPS) is 11.3. The van der Waals surface area contributed by atoms with E-state index in [1.165, 1.54) is 23.9 Å². The largest absolute Gasteiger partial charge is 0.298 e. The zero-order valence-corrected chi connectivity index (χ0v) is 14.1. The third-order valence-corrected chi connectivity index (χ3v) is 4.52. The summed E-state index contributed by atoms with van der Waals surface area (Å²) in [5.41, 5.74) is 3.58. The van der Waals surface area contributed by atoms with Gasteiger partial charge in [0.05, 0.1) is 11.1 Å². The summed E-state index contributed by atoms with van der Waals surface area (Å²) in [5, 5.41) is 1.88. The van der Waals surface area contributed by atoms with Crippen molar-refractivity contribution in [2.75, 3.05) is 6.26 Å². The van der Waals surface area contributed by atoms with Crippen LogP contribution < -0.4 is 0 Å². The summed E-state index contributed by atoms with van der Waals surface area (Å²) in [6.45, 7) is 4.07. The van der Waals surface area contributed by atoms with Gasteiger partial charge >= 0.3 is 0 Å². The molecule has 3 nitrogen and oxygen atoms in total. The lowest BCUT2D eigenvalue weighted by Crippen LogP contribution is -2.02. The van der Waals surface area contributed by atoms with Crippen molar-refractivity contribution in [2.24, 2.45) is 0 Å². The number of benzene rings is 1. The monoisotopic (exact) mass is 335 g/mol. The first-order valence-electron chi connectivity index (χ1n) is 6.94. The average Bonchev–Trinajstić information content (AvgIpc) is 2.79. The molecule has 0 amide bonds. The van der Waals surface area contributed by atoms with Gasteiger partial charge in [-0.15, -0.1) is 0 Å². The van der Waals surface area contributed by atoms with Crippen LogP contribution in [0, 0.1) is 12.7 Å². The molecule has 0 radical (unpaired) electrons. The second kappa shape index (κ2) is 5.89. The number of hydrogen-bond acceptors (Lipinski definition) is 3. The highest BCUT2D eigenvalue weighted by molar-refractivity contribution is 7.98. The fraction of sp³-hybridized carbons (Fsp3) is 0.250.